The van der Waals surface area contributed by atoms with Gasteiger partial charge >= 0.3 is 0 Å². The van der Waals surface area contributed by atoms with Crippen LogP contribution in [-0.4, -0.2) is 48.5 Å². The van der Waals surface area contributed by atoms with Crippen LogP contribution in [0.3, 0.4) is 0 Å². The number of pyridine rings is 1. The number of anilines is 1. The number of thiophene rings is 1. The molecule has 1 aliphatic heterocycles. The van der Waals surface area contributed by atoms with Crippen LogP contribution >= 0.6 is 11.3 Å². The molecule has 0 saturated carbocycles. The second-order valence-electron chi connectivity index (χ2n) is 8.75. The Hall–Kier alpha value is -2.64. The number of nitrogens with one attached hydrogen (secondary N) is 2. The SMILES string of the molecule is Cc1nc2sc(C(=O)NCCC3=CCC=C(N4CCNCC4)C=C3)c(N)c2c2c1CCC2. The van der Waals surface area contributed by atoms with Gasteiger partial charge in [-0.05, 0) is 61.8 Å². The summed E-state index contributed by atoms with van der Waals surface area (Å²) in [5.74, 6) is -0.0901. The summed E-state index contributed by atoms with van der Waals surface area (Å²) in [5.41, 5.74) is 13.3. The van der Waals surface area contributed by atoms with Gasteiger partial charge in [-0.2, -0.15) is 0 Å². The van der Waals surface area contributed by atoms with E-state index in [0.29, 0.717) is 17.1 Å². The zero-order valence-corrected chi connectivity index (χ0v) is 19.5. The van der Waals surface area contributed by atoms with E-state index < -0.39 is 0 Å². The molecule has 168 valence electrons. The van der Waals surface area contributed by atoms with Gasteiger partial charge in [-0.1, -0.05) is 18.2 Å². The molecule has 0 atom stereocenters. The number of hydrogen-bond acceptors (Lipinski definition) is 6. The Morgan fingerprint density at radius 1 is 1.22 bits per heavy atom. The van der Waals surface area contributed by atoms with E-state index in [1.807, 2.05) is 0 Å². The lowest BCUT2D eigenvalue weighted by Crippen LogP contribution is -2.42. The van der Waals surface area contributed by atoms with Gasteiger partial charge < -0.3 is 21.3 Å². The molecule has 1 fully saturated rings. The molecule has 5 rings (SSSR count). The van der Waals surface area contributed by atoms with Crippen molar-refractivity contribution in [3.63, 3.8) is 0 Å². The van der Waals surface area contributed by atoms with E-state index >= 15 is 0 Å². The lowest BCUT2D eigenvalue weighted by molar-refractivity contribution is 0.0959. The Morgan fingerprint density at radius 3 is 2.88 bits per heavy atom. The summed E-state index contributed by atoms with van der Waals surface area (Å²) >= 11 is 1.42. The largest absolute Gasteiger partial charge is 0.397 e. The maximum atomic E-state index is 12.9. The number of allylic oxidation sites excluding steroid dienone is 4. The molecule has 32 heavy (non-hydrogen) atoms. The van der Waals surface area contributed by atoms with Crippen LogP contribution < -0.4 is 16.4 Å². The van der Waals surface area contributed by atoms with Crippen molar-refractivity contribution in [1.82, 2.24) is 20.5 Å². The Balaban J connectivity index is 1.22. The molecule has 0 bridgehead atoms. The minimum atomic E-state index is -0.0901. The van der Waals surface area contributed by atoms with Gasteiger partial charge in [0, 0.05) is 49.5 Å². The molecular formula is C25H31N5OS. The van der Waals surface area contributed by atoms with E-state index in [0.717, 1.165) is 74.2 Å². The molecule has 2 aliphatic carbocycles. The van der Waals surface area contributed by atoms with Crippen LogP contribution in [0, 0.1) is 6.92 Å². The molecule has 0 spiro atoms. The molecule has 0 radical (unpaired) electrons. The molecule has 7 heteroatoms. The maximum Gasteiger partial charge on any atom is 0.263 e. The van der Waals surface area contributed by atoms with Crippen molar-refractivity contribution in [2.45, 2.75) is 39.0 Å². The predicted octanol–water partition coefficient (Wildman–Crippen LogP) is 3.47. The van der Waals surface area contributed by atoms with Gasteiger partial charge in [0.1, 0.15) is 9.71 Å². The number of nitrogen functional groups attached to an aromatic ring is 1. The molecule has 2 aromatic heterocycles. The van der Waals surface area contributed by atoms with Crippen LogP contribution in [0.5, 0.6) is 0 Å². The minimum Gasteiger partial charge on any atom is -0.397 e. The van der Waals surface area contributed by atoms with Gasteiger partial charge in [-0.25, -0.2) is 4.98 Å². The zero-order valence-electron chi connectivity index (χ0n) is 18.7. The Bertz CT molecular complexity index is 1140. The van der Waals surface area contributed by atoms with E-state index in [9.17, 15) is 4.79 Å². The fourth-order valence-corrected chi connectivity index (χ4v) is 6.10. The van der Waals surface area contributed by atoms with Crippen molar-refractivity contribution in [1.29, 1.82) is 0 Å². The number of nitrogens with zero attached hydrogens (tertiary/aromatic N) is 2. The first-order chi connectivity index (χ1) is 15.6. The molecular weight excluding hydrogens is 418 g/mol. The van der Waals surface area contributed by atoms with E-state index in [4.69, 9.17) is 10.7 Å². The summed E-state index contributed by atoms with van der Waals surface area (Å²) in [5, 5.41) is 7.49. The van der Waals surface area contributed by atoms with Crippen molar-refractivity contribution >= 4 is 33.1 Å². The normalized spacial score (nSPS) is 18.3. The molecule has 0 aromatic carbocycles. The van der Waals surface area contributed by atoms with Crippen molar-refractivity contribution in [2.24, 2.45) is 0 Å². The van der Waals surface area contributed by atoms with Crippen LogP contribution in [0.2, 0.25) is 0 Å². The van der Waals surface area contributed by atoms with Crippen LogP contribution in [0.4, 0.5) is 5.69 Å². The third-order valence-electron chi connectivity index (χ3n) is 6.71. The smallest absolute Gasteiger partial charge is 0.263 e. The lowest BCUT2D eigenvalue weighted by Gasteiger charge is -2.30. The average molecular weight is 450 g/mol. The fraction of sp³-hybridized carbons (Fsp3) is 0.440. The maximum absolute atomic E-state index is 12.9. The standard InChI is InChI=1S/C25H31N5OS/c1-16-19-6-3-7-20(19)21-22(26)23(32-25(21)29-16)24(31)28-11-10-17-4-2-5-18(9-8-17)30-14-12-27-13-15-30/h4-5,8-9,27H,2-3,6-7,10-15,26H2,1H3,(H,28,31). The van der Waals surface area contributed by atoms with Crippen LogP contribution in [0.25, 0.3) is 10.2 Å². The third kappa shape index (κ3) is 4.07. The van der Waals surface area contributed by atoms with Crippen molar-refractivity contribution in [3.05, 3.63) is 57.3 Å². The summed E-state index contributed by atoms with van der Waals surface area (Å²) in [4.78, 5) is 21.6. The van der Waals surface area contributed by atoms with Gasteiger partial charge in [-0.3, -0.25) is 4.79 Å². The van der Waals surface area contributed by atoms with Crippen molar-refractivity contribution < 1.29 is 4.79 Å². The molecule has 4 N–H and O–H groups in total. The van der Waals surface area contributed by atoms with Gasteiger partial charge in [0.25, 0.3) is 5.91 Å². The first-order valence-corrected chi connectivity index (χ1v) is 12.4. The predicted molar refractivity (Wildman–Crippen MR) is 132 cm³/mol. The molecule has 1 saturated heterocycles. The van der Waals surface area contributed by atoms with Crippen LogP contribution in [0.1, 0.15) is 45.8 Å². The molecule has 2 aromatic rings. The highest BCUT2D eigenvalue weighted by atomic mass is 32.1. The average Bonchev–Trinajstić information content (AvgIpc) is 3.33. The summed E-state index contributed by atoms with van der Waals surface area (Å²) in [6.45, 7) is 6.84. The highest BCUT2D eigenvalue weighted by Crippen LogP contribution is 2.40. The lowest BCUT2D eigenvalue weighted by atomic mass is 10.1. The number of carbonyl (C=O) groups excluding carboxylic acids is 1. The van der Waals surface area contributed by atoms with E-state index in [2.05, 4.69) is 46.8 Å². The highest BCUT2D eigenvalue weighted by Gasteiger charge is 2.24. The van der Waals surface area contributed by atoms with Gasteiger partial charge in [0.2, 0.25) is 0 Å². The molecule has 1 amide bonds. The van der Waals surface area contributed by atoms with Crippen LogP contribution in [-0.2, 0) is 12.8 Å². The Labute approximate surface area is 193 Å². The monoisotopic (exact) mass is 449 g/mol. The first kappa shape index (κ1) is 21.2. The summed E-state index contributed by atoms with van der Waals surface area (Å²) < 4.78 is 0. The minimum absolute atomic E-state index is 0.0901. The number of fused-ring (bicyclic) bond motifs is 3. The summed E-state index contributed by atoms with van der Waals surface area (Å²) in [6.07, 6.45) is 13.9. The number of rotatable bonds is 5. The van der Waals surface area contributed by atoms with Gasteiger partial charge in [0.15, 0.2) is 0 Å². The quantitative estimate of drug-likeness (QED) is 0.651. The number of aromatic nitrogens is 1. The van der Waals surface area contributed by atoms with E-state index in [-0.39, 0.29) is 5.91 Å². The summed E-state index contributed by atoms with van der Waals surface area (Å²) in [7, 11) is 0. The van der Waals surface area contributed by atoms with Crippen molar-refractivity contribution in [3.8, 4) is 0 Å². The first-order valence-electron chi connectivity index (χ1n) is 11.6. The zero-order chi connectivity index (χ0) is 22.1. The highest BCUT2D eigenvalue weighted by molar-refractivity contribution is 7.21. The number of amides is 1. The molecule has 3 aliphatic rings. The fourth-order valence-electron chi connectivity index (χ4n) is 5.01. The molecule has 3 heterocycles. The Kier molecular flexibility index (Phi) is 6.02. The van der Waals surface area contributed by atoms with Gasteiger partial charge in [0.05, 0.1) is 5.69 Å². The second kappa shape index (κ2) is 9.08. The molecule has 0 unspecified atom stereocenters. The van der Waals surface area contributed by atoms with E-state index in [1.54, 1.807) is 0 Å². The number of nitrogens with two attached hydrogens (primary N) is 1. The number of hydrogen-bond donors (Lipinski definition) is 3. The number of piperazine rings is 1. The van der Waals surface area contributed by atoms with Crippen molar-refractivity contribution in [2.75, 3.05) is 38.5 Å². The topological polar surface area (TPSA) is 83.3 Å². The second-order valence-corrected chi connectivity index (χ2v) is 9.75. The van der Waals surface area contributed by atoms with Crippen LogP contribution in [0.15, 0.2) is 35.6 Å². The number of carbonyl (C=O) groups is 1. The molecule has 6 nitrogen and oxygen atoms in total. The van der Waals surface area contributed by atoms with E-state index in [1.165, 1.54) is 33.7 Å². The third-order valence-corrected chi connectivity index (χ3v) is 7.81. The Morgan fingerprint density at radius 2 is 2.03 bits per heavy atom. The number of aryl methyl sites for hydroxylation is 2. The van der Waals surface area contributed by atoms with Gasteiger partial charge in [-0.15, -0.1) is 11.3 Å². The summed E-state index contributed by atoms with van der Waals surface area (Å²) in [6, 6.07) is 0.